The molecule has 0 spiro atoms. The molecule has 0 unspecified atom stereocenters. The number of aliphatic hydroxyl groups is 1. The second-order valence-electron chi connectivity index (χ2n) is 5.73. The van der Waals surface area contributed by atoms with Crippen LogP contribution in [0.4, 0.5) is 0 Å². The molecular formula is C19H26Cl2N2O8. The first-order valence-electron chi connectivity index (χ1n) is 8.16. The third kappa shape index (κ3) is 8.58. The molecule has 0 amide bonds. The Kier molecular flexibility index (Phi) is 14.2. The Morgan fingerprint density at radius 1 is 0.806 bits per heavy atom. The van der Waals surface area contributed by atoms with Crippen molar-refractivity contribution < 1.29 is 41.2 Å². The Hall–Kier alpha value is -2.60. The summed E-state index contributed by atoms with van der Waals surface area (Å²) < 4.78 is 10.0. The van der Waals surface area contributed by atoms with Gasteiger partial charge in [0.25, 0.3) is 0 Å². The van der Waals surface area contributed by atoms with E-state index in [4.69, 9.17) is 32.7 Å². The topological polar surface area (TPSA) is 198 Å². The second-order valence-corrected chi connectivity index (χ2v) is 6.61. The van der Waals surface area contributed by atoms with E-state index in [-0.39, 0.29) is 52.5 Å². The van der Waals surface area contributed by atoms with Crippen LogP contribution in [0.2, 0.25) is 10.0 Å². The molecule has 10 nitrogen and oxygen atoms in total. The van der Waals surface area contributed by atoms with Crippen LogP contribution in [0.3, 0.4) is 0 Å². The molecule has 0 heterocycles. The van der Waals surface area contributed by atoms with E-state index in [1.165, 1.54) is 50.9 Å². The number of hydrogen-bond donors (Lipinski definition) is 3. The van der Waals surface area contributed by atoms with Crippen LogP contribution in [0.25, 0.3) is 0 Å². The minimum absolute atomic E-state index is 0. The largest absolute Gasteiger partial charge is 0.504 e. The van der Waals surface area contributed by atoms with E-state index in [0.717, 1.165) is 0 Å². The summed E-state index contributed by atoms with van der Waals surface area (Å²) in [7, 11) is 2.84. The van der Waals surface area contributed by atoms with Gasteiger partial charge in [-0.25, -0.2) is 0 Å². The number of ether oxygens (including phenoxy) is 2. The number of hydrogen-bond acceptors (Lipinski definition) is 7. The number of benzene rings is 2. The van der Waals surface area contributed by atoms with Crippen LogP contribution >= 0.6 is 23.2 Å². The van der Waals surface area contributed by atoms with Gasteiger partial charge in [0.1, 0.15) is 0 Å². The molecule has 0 saturated heterocycles. The third-order valence-electron chi connectivity index (χ3n) is 3.67. The molecule has 0 fully saturated rings. The van der Waals surface area contributed by atoms with E-state index in [2.05, 4.69) is 9.98 Å². The van der Waals surface area contributed by atoms with Crippen molar-refractivity contribution in [3.63, 3.8) is 0 Å². The summed E-state index contributed by atoms with van der Waals surface area (Å²) in [4.78, 5) is 8.18. The van der Waals surface area contributed by atoms with Gasteiger partial charge in [-0.2, -0.15) is 0 Å². The summed E-state index contributed by atoms with van der Waals surface area (Å²) in [5.74, 6) is 0.286. The molecule has 0 atom stereocenters. The lowest BCUT2D eigenvalue weighted by atomic mass is 10.2. The predicted molar refractivity (Wildman–Crippen MR) is 121 cm³/mol. The van der Waals surface area contributed by atoms with Crippen molar-refractivity contribution >= 4 is 35.6 Å². The van der Waals surface area contributed by atoms with E-state index in [9.17, 15) is 15.3 Å². The summed E-state index contributed by atoms with van der Waals surface area (Å²) in [5, 5.41) is 30.8. The van der Waals surface area contributed by atoms with Crippen LogP contribution in [-0.4, -0.2) is 77.6 Å². The minimum atomic E-state index is -0.862. The van der Waals surface area contributed by atoms with Crippen LogP contribution in [0.1, 0.15) is 11.1 Å². The fourth-order valence-corrected chi connectivity index (χ4v) is 2.73. The Labute approximate surface area is 188 Å². The number of methoxy groups -OCH3 is 2. The Morgan fingerprint density at radius 3 is 1.48 bits per heavy atom. The van der Waals surface area contributed by atoms with Gasteiger partial charge in [0, 0.05) is 45.7 Å². The molecule has 2 aromatic carbocycles. The summed E-state index contributed by atoms with van der Waals surface area (Å²) >= 11 is 11.9. The Morgan fingerprint density at radius 2 is 1.16 bits per heavy atom. The molecule has 0 bridgehead atoms. The zero-order valence-electron chi connectivity index (χ0n) is 16.8. The lowest BCUT2D eigenvalue weighted by molar-refractivity contribution is 0.193. The van der Waals surface area contributed by atoms with Gasteiger partial charge in [-0.05, 0) is 12.1 Å². The van der Waals surface area contributed by atoms with Crippen molar-refractivity contribution in [3.05, 3.63) is 45.4 Å². The van der Waals surface area contributed by atoms with E-state index in [1.807, 2.05) is 0 Å². The maximum Gasteiger partial charge on any atom is 0.166 e. The number of aliphatic imine (C=N–C) groups is 2. The Bertz CT molecular complexity index is 822. The second kappa shape index (κ2) is 14.4. The number of rotatable bonds is 8. The first-order chi connectivity index (χ1) is 13.3. The predicted octanol–water partition coefficient (Wildman–Crippen LogP) is 0.847. The highest BCUT2D eigenvalue weighted by Gasteiger charge is 2.10. The molecule has 0 aromatic heterocycles. The average Bonchev–Trinajstić information content (AvgIpc) is 2.66. The van der Waals surface area contributed by atoms with E-state index in [0.29, 0.717) is 21.2 Å². The molecule has 0 aliphatic carbocycles. The van der Waals surface area contributed by atoms with Crippen molar-refractivity contribution in [2.24, 2.45) is 9.98 Å². The maximum absolute atomic E-state index is 10.0. The van der Waals surface area contributed by atoms with E-state index in [1.54, 1.807) is 0 Å². The molecule has 9 N–H and O–H groups in total. The van der Waals surface area contributed by atoms with Crippen molar-refractivity contribution in [3.8, 4) is 23.0 Å². The van der Waals surface area contributed by atoms with Crippen LogP contribution < -0.4 is 9.47 Å². The highest BCUT2D eigenvalue weighted by Crippen LogP contribution is 2.33. The first-order valence-corrected chi connectivity index (χ1v) is 8.92. The standard InChI is InChI=1S/C19H20Cl2N2O5.3H2O/c1-27-16-5-13(20)3-11(18(16)25)7-22-9-15(24)10-23-8-12-4-14(21)6-17(28-2)19(12)26;;;/h3-8,15,24-26H,9-10H2,1-2H3;3*1H2. The zero-order chi connectivity index (χ0) is 20.7. The normalized spacial score (nSPS) is 11.4. The Balaban J connectivity index is 0. The molecular weight excluding hydrogens is 455 g/mol. The van der Waals surface area contributed by atoms with Gasteiger partial charge in [-0.15, -0.1) is 0 Å². The van der Waals surface area contributed by atoms with Crippen molar-refractivity contribution in [1.82, 2.24) is 0 Å². The molecule has 174 valence electrons. The van der Waals surface area contributed by atoms with Crippen LogP contribution in [0, 0.1) is 0 Å². The smallest absolute Gasteiger partial charge is 0.166 e. The lowest BCUT2D eigenvalue weighted by Gasteiger charge is -2.08. The first kappa shape index (κ1) is 30.6. The van der Waals surface area contributed by atoms with Crippen LogP contribution in [-0.2, 0) is 0 Å². The molecule has 2 aromatic rings. The summed E-state index contributed by atoms with van der Waals surface area (Å²) in [6.45, 7) is 0.104. The fraction of sp³-hybridized carbons (Fsp3) is 0.263. The number of phenols is 2. The van der Waals surface area contributed by atoms with Gasteiger partial charge in [-0.3, -0.25) is 9.98 Å². The van der Waals surface area contributed by atoms with E-state index < -0.39 is 6.10 Å². The molecule has 12 heteroatoms. The van der Waals surface area contributed by atoms with Gasteiger partial charge < -0.3 is 41.2 Å². The molecule has 2 rings (SSSR count). The molecule has 31 heavy (non-hydrogen) atoms. The van der Waals surface area contributed by atoms with Gasteiger partial charge in [0.05, 0.1) is 33.4 Å². The van der Waals surface area contributed by atoms with E-state index >= 15 is 0 Å². The maximum atomic E-state index is 10.0. The van der Waals surface area contributed by atoms with Gasteiger partial charge in [-0.1, -0.05) is 23.2 Å². The molecule has 0 aliphatic heterocycles. The van der Waals surface area contributed by atoms with Crippen molar-refractivity contribution in [2.75, 3.05) is 27.3 Å². The number of nitrogens with zero attached hydrogens (tertiary/aromatic N) is 2. The van der Waals surface area contributed by atoms with Gasteiger partial charge in [0.15, 0.2) is 23.0 Å². The summed E-state index contributed by atoms with van der Waals surface area (Å²) in [6, 6.07) is 6.03. The average molecular weight is 481 g/mol. The van der Waals surface area contributed by atoms with Crippen LogP contribution in [0.15, 0.2) is 34.3 Å². The van der Waals surface area contributed by atoms with Crippen LogP contribution in [0.5, 0.6) is 23.0 Å². The summed E-state index contributed by atoms with van der Waals surface area (Å²) in [6.07, 6.45) is 1.92. The number of phenolic OH excluding ortho intramolecular Hbond substituents is 2. The van der Waals surface area contributed by atoms with Crippen molar-refractivity contribution in [2.45, 2.75) is 6.10 Å². The highest BCUT2D eigenvalue weighted by molar-refractivity contribution is 6.31. The quantitative estimate of drug-likeness (QED) is 0.469. The van der Waals surface area contributed by atoms with Gasteiger partial charge in [0.2, 0.25) is 0 Å². The molecule has 0 aliphatic rings. The molecule has 0 radical (unpaired) electrons. The third-order valence-corrected chi connectivity index (χ3v) is 4.11. The number of aliphatic hydroxyl groups excluding tert-OH is 1. The minimum Gasteiger partial charge on any atom is -0.504 e. The lowest BCUT2D eigenvalue weighted by Crippen LogP contribution is -2.15. The zero-order valence-corrected chi connectivity index (χ0v) is 18.3. The number of halogens is 2. The SMILES string of the molecule is COc1cc(Cl)cc(C=NCC(O)CN=Cc2cc(Cl)cc(OC)c2O)c1O.O.O.O. The van der Waals surface area contributed by atoms with Crippen molar-refractivity contribution in [1.29, 1.82) is 0 Å². The number of aromatic hydroxyl groups is 2. The monoisotopic (exact) mass is 480 g/mol. The molecule has 0 saturated carbocycles. The van der Waals surface area contributed by atoms with Gasteiger partial charge >= 0.3 is 0 Å². The summed E-state index contributed by atoms with van der Waals surface area (Å²) in [5.41, 5.74) is 0.743. The highest BCUT2D eigenvalue weighted by atomic mass is 35.5. The fourth-order valence-electron chi connectivity index (χ4n) is 2.30.